The molecule has 0 bridgehead atoms. The highest BCUT2D eigenvalue weighted by atomic mass is 16.5. The number of nitrogens with one attached hydrogen (secondary N) is 1. The SMILES string of the molecule is Cc1noc(-c2ccc(-c3ccc(C4CC4)cc3)cc2)c1Nc1cccc(OC2CCC2)n1. The zero-order chi connectivity index (χ0) is 22.2. The Morgan fingerprint density at radius 1 is 0.848 bits per heavy atom. The predicted octanol–water partition coefficient (Wildman–Crippen LogP) is 7.26. The fraction of sp³-hybridized carbons (Fsp3) is 0.286. The van der Waals surface area contributed by atoms with Gasteiger partial charge in [-0.15, -0.1) is 0 Å². The number of anilines is 2. The van der Waals surface area contributed by atoms with Gasteiger partial charge in [-0.05, 0) is 67.7 Å². The molecular formula is C28H27N3O2. The van der Waals surface area contributed by atoms with Gasteiger partial charge in [-0.2, -0.15) is 4.98 Å². The molecule has 0 saturated heterocycles. The van der Waals surface area contributed by atoms with E-state index >= 15 is 0 Å². The van der Waals surface area contributed by atoms with Gasteiger partial charge < -0.3 is 14.6 Å². The summed E-state index contributed by atoms with van der Waals surface area (Å²) >= 11 is 0. The third-order valence-corrected chi connectivity index (χ3v) is 6.62. The molecule has 1 N–H and O–H groups in total. The van der Waals surface area contributed by atoms with Crippen LogP contribution in [0.5, 0.6) is 5.88 Å². The third-order valence-electron chi connectivity index (χ3n) is 6.62. The van der Waals surface area contributed by atoms with Gasteiger partial charge in [0.2, 0.25) is 5.88 Å². The van der Waals surface area contributed by atoms with Gasteiger partial charge in [-0.25, -0.2) is 0 Å². The highest BCUT2D eigenvalue weighted by Gasteiger charge is 2.23. The first kappa shape index (κ1) is 20.0. The number of hydrogen-bond donors (Lipinski definition) is 1. The summed E-state index contributed by atoms with van der Waals surface area (Å²) in [6, 6.07) is 23.2. The predicted molar refractivity (Wildman–Crippen MR) is 130 cm³/mol. The number of aromatic nitrogens is 2. The molecule has 2 aliphatic carbocycles. The maximum Gasteiger partial charge on any atom is 0.215 e. The van der Waals surface area contributed by atoms with Crippen LogP contribution < -0.4 is 10.1 Å². The molecule has 4 aromatic rings. The van der Waals surface area contributed by atoms with Crippen molar-refractivity contribution in [2.75, 3.05) is 5.32 Å². The third kappa shape index (κ3) is 4.23. The van der Waals surface area contributed by atoms with Crippen LogP contribution in [-0.2, 0) is 0 Å². The number of rotatable bonds is 7. The molecule has 2 heterocycles. The van der Waals surface area contributed by atoms with E-state index in [1.54, 1.807) is 0 Å². The maximum atomic E-state index is 5.94. The number of hydrogen-bond acceptors (Lipinski definition) is 5. The lowest BCUT2D eigenvalue weighted by molar-refractivity contribution is 0.115. The minimum absolute atomic E-state index is 0.295. The van der Waals surface area contributed by atoms with Crippen LogP contribution in [-0.4, -0.2) is 16.2 Å². The largest absolute Gasteiger partial charge is 0.474 e. The lowest BCUT2D eigenvalue weighted by atomic mass is 9.96. The number of benzene rings is 2. The molecule has 0 unspecified atom stereocenters. The first-order chi connectivity index (χ1) is 16.2. The van der Waals surface area contributed by atoms with Crippen molar-refractivity contribution < 1.29 is 9.26 Å². The van der Waals surface area contributed by atoms with Gasteiger partial charge in [0, 0.05) is 11.6 Å². The molecule has 2 aromatic carbocycles. The number of ether oxygens (including phenoxy) is 1. The standard InChI is InChI=1S/C28H27N3O2/c1-18-27(30-25-6-3-7-26(29-25)32-24-4-2-5-24)28(33-31-18)23-16-14-22(15-17-23)21-12-10-20(11-13-21)19-8-9-19/h3,6-7,10-17,19,24H,2,4-5,8-9H2,1H3,(H,29,30). The Bertz CT molecular complexity index is 1250. The van der Waals surface area contributed by atoms with Crippen LogP contribution in [0.3, 0.4) is 0 Å². The summed E-state index contributed by atoms with van der Waals surface area (Å²) < 4.78 is 11.6. The molecule has 0 radical (unpaired) electrons. The minimum atomic E-state index is 0.295. The summed E-state index contributed by atoms with van der Waals surface area (Å²) in [5.41, 5.74) is 6.46. The van der Waals surface area contributed by atoms with Gasteiger partial charge in [-0.1, -0.05) is 59.8 Å². The Balaban J connectivity index is 1.22. The van der Waals surface area contributed by atoms with Crippen LogP contribution in [0.25, 0.3) is 22.5 Å². The molecule has 6 rings (SSSR count). The van der Waals surface area contributed by atoms with Crippen LogP contribution in [0.1, 0.15) is 49.3 Å². The molecule has 33 heavy (non-hydrogen) atoms. The fourth-order valence-corrected chi connectivity index (χ4v) is 4.23. The van der Waals surface area contributed by atoms with Crippen molar-refractivity contribution >= 4 is 11.5 Å². The van der Waals surface area contributed by atoms with Gasteiger partial charge in [0.05, 0.1) is 0 Å². The second-order valence-corrected chi connectivity index (χ2v) is 9.10. The van der Waals surface area contributed by atoms with Crippen molar-refractivity contribution in [1.29, 1.82) is 0 Å². The van der Waals surface area contributed by atoms with Gasteiger partial charge >= 0.3 is 0 Å². The first-order valence-corrected chi connectivity index (χ1v) is 11.8. The molecule has 5 nitrogen and oxygen atoms in total. The van der Waals surface area contributed by atoms with Crippen LogP contribution in [0.2, 0.25) is 0 Å². The van der Waals surface area contributed by atoms with E-state index in [0.29, 0.717) is 23.6 Å². The van der Waals surface area contributed by atoms with Gasteiger partial charge in [-0.3, -0.25) is 0 Å². The highest BCUT2D eigenvalue weighted by molar-refractivity contribution is 5.79. The molecular weight excluding hydrogens is 410 g/mol. The Labute approximate surface area is 193 Å². The van der Waals surface area contributed by atoms with Crippen molar-refractivity contribution in [3.05, 3.63) is 78.0 Å². The van der Waals surface area contributed by atoms with Gasteiger partial charge in [0.1, 0.15) is 23.3 Å². The van der Waals surface area contributed by atoms with E-state index < -0.39 is 0 Å². The Kier molecular flexibility index (Phi) is 5.10. The molecule has 0 aliphatic heterocycles. The van der Waals surface area contributed by atoms with Crippen LogP contribution >= 0.6 is 0 Å². The average Bonchev–Trinajstić information content (AvgIpc) is 3.61. The van der Waals surface area contributed by atoms with Crippen LogP contribution in [0, 0.1) is 6.92 Å². The van der Waals surface area contributed by atoms with Gasteiger partial charge in [0.25, 0.3) is 0 Å². The fourth-order valence-electron chi connectivity index (χ4n) is 4.23. The Morgan fingerprint density at radius 3 is 2.21 bits per heavy atom. The summed E-state index contributed by atoms with van der Waals surface area (Å²) in [7, 11) is 0. The number of aryl methyl sites for hydroxylation is 1. The Hall–Kier alpha value is -3.60. The summed E-state index contributed by atoms with van der Waals surface area (Å²) in [5.74, 6) is 2.85. The van der Waals surface area contributed by atoms with E-state index in [0.717, 1.165) is 35.7 Å². The molecule has 5 heteroatoms. The lowest BCUT2D eigenvalue weighted by Gasteiger charge is -2.25. The average molecular weight is 438 g/mol. The van der Waals surface area contributed by atoms with Crippen molar-refractivity contribution in [2.24, 2.45) is 0 Å². The van der Waals surface area contributed by atoms with E-state index in [1.165, 1.54) is 36.0 Å². The minimum Gasteiger partial charge on any atom is -0.474 e. The topological polar surface area (TPSA) is 60.2 Å². The zero-order valence-corrected chi connectivity index (χ0v) is 18.8. The zero-order valence-electron chi connectivity index (χ0n) is 18.8. The molecule has 0 atom stereocenters. The highest BCUT2D eigenvalue weighted by Crippen LogP contribution is 2.40. The van der Waals surface area contributed by atoms with Crippen LogP contribution in [0.4, 0.5) is 11.5 Å². The van der Waals surface area contributed by atoms with E-state index in [9.17, 15) is 0 Å². The van der Waals surface area contributed by atoms with E-state index in [4.69, 9.17) is 9.26 Å². The molecule has 0 spiro atoms. The van der Waals surface area contributed by atoms with Crippen molar-refractivity contribution in [1.82, 2.24) is 10.1 Å². The van der Waals surface area contributed by atoms with Crippen molar-refractivity contribution in [3.8, 4) is 28.3 Å². The number of pyridine rings is 1. The van der Waals surface area contributed by atoms with Crippen molar-refractivity contribution in [2.45, 2.75) is 51.0 Å². The second kappa shape index (κ2) is 8.39. The molecule has 2 aliphatic rings. The lowest BCUT2D eigenvalue weighted by Crippen LogP contribution is -2.24. The maximum absolute atomic E-state index is 5.94. The smallest absolute Gasteiger partial charge is 0.215 e. The molecule has 2 aromatic heterocycles. The molecule has 2 fully saturated rings. The van der Waals surface area contributed by atoms with E-state index in [2.05, 4.69) is 64.0 Å². The second-order valence-electron chi connectivity index (χ2n) is 9.10. The normalized spacial score (nSPS) is 15.8. The summed E-state index contributed by atoms with van der Waals surface area (Å²) in [6.07, 6.45) is 6.40. The number of nitrogens with zero attached hydrogens (tertiary/aromatic N) is 2. The molecule has 2 saturated carbocycles. The van der Waals surface area contributed by atoms with Crippen LogP contribution in [0.15, 0.2) is 71.3 Å². The first-order valence-electron chi connectivity index (χ1n) is 11.8. The monoisotopic (exact) mass is 437 g/mol. The quantitative estimate of drug-likeness (QED) is 0.329. The van der Waals surface area contributed by atoms with E-state index in [1.807, 2.05) is 25.1 Å². The Morgan fingerprint density at radius 2 is 1.55 bits per heavy atom. The van der Waals surface area contributed by atoms with Gasteiger partial charge in [0.15, 0.2) is 5.76 Å². The van der Waals surface area contributed by atoms with Crippen molar-refractivity contribution in [3.63, 3.8) is 0 Å². The summed E-state index contributed by atoms with van der Waals surface area (Å²) in [4.78, 5) is 4.62. The molecule has 0 amide bonds. The summed E-state index contributed by atoms with van der Waals surface area (Å²) in [5, 5.41) is 7.59. The molecule has 166 valence electrons. The summed E-state index contributed by atoms with van der Waals surface area (Å²) in [6.45, 7) is 1.93. The van der Waals surface area contributed by atoms with E-state index in [-0.39, 0.29) is 0 Å².